The average molecular weight is 314 g/mol. The molecule has 0 heterocycles. The highest BCUT2D eigenvalue weighted by Crippen LogP contribution is 2.24. The van der Waals surface area contributed by atoms with Crippen LogP contribution in [0.15, 0.2) is 42.5 Å². The zero-order valence-electron chi connectivity index (χ0n) is 10.7. The zero-order chi connectivity index (χ0) is 14.5. The first-order chi connectivity index (χ1) is 9.58. The lowest BCUT2D eigenvalue weighted by Gasteiger charge is -2.12. The molecule has 2 aromatic carbocycles. The highest BCUT2D eigenvalue weighted by Gasteiger charge is 2.10. The van der Waals surface area contributed by atoms with Crippen molar-refractivity contribution < 1.29 is 8.78 Å². The molecule has 1 atom stereocenters. The summed E-state index contributed by atoms with van der Waals surface area (Å²) >= 11 is 7.67. The van der Waals surface area contributed by atoms with Crippen molar-refractivity contribution in [1.29, 1.82) is 0 Å². The summed E-state index contributed by atoms with van der Waals surface area (Å²) in [7, 11) is 0. The monoisotopic (exact) mass is 313 g/mol. The molecule has 2 N–H and O–H groups in total. The summed E-state index contributed by atoms with van der Waals surface area (Å²) in [4.78, 5) is 0. The van der Waals surface area contributed by atoms with Gasteiger partial charge in [0.25, 0.3) is 0 Å². The Morgan fingerprint density at radius 3 is 2.55 bits per heavy atom. The number of nitrogens with two attached hydrogens (primary N) is 1. The summed E-state index contributed by atoms with van der Waals surface area (Å²) in [5.74, 6) is -0.383. The summed E-state index contributed by atoms with van der Waals surface area (Å²) in [5.41, 5.74) is 7.60. The van der Waals surface area contributed by atoms with E-state index in [-0.39, 0.29) is 6.04 Å². The average Bonchev–Trinajstić information content (AvgIpc) is 2.44. The van der Waals surface area contributed by atoms with E-state index in [2.05, 4.69) is 0 Å². The molecule has 0 fully saturated rings. The first-order valence-corrected chi connectivity index (χ1v) is 7.63. The highest BCUT2D eigenvalue weighted by atomic mass is 35.5. The predicted molar refractivity (Wildman–Crippen MR) is 80.9 cm³/mol. The maximum absolute atomic E-state index is 13.1. The smallest absolute Gasteiger partial charge is 0.159 e. The SMILES string of the molecule is NC(CSCc1ccccc1Cl)c1ccc(F)c(F)c1. The van der Waals surface area contributed by atoms with Crippen LogP contribution in [0.2, 0.25) is 5.02 Å². The first-order valence-electron chi connectivity index (χ1n) is 6.09. The maximum Gasteiger partial charge on any atom is 0.159 e. The second-order valence-corrected chi connectivity index (χ2v) is 5.82. The Kier molecular flexibility index (Phi) is 5.40. The number of rotatable bonds is 5. The van der Waals surface area contributed by atoms with Gasteiger partial charge >= 0.3 is 0 Å². The van der Waals surface area contributed by atoms with Gasteiger partial charge < -0.3 is 5.73 Å². The van der Waals surface area contributed by atoms with Gasteiger partial charge in [0.15, 0.2) is 11.6 Å². The van der Waals surface area contributed by atoms with Crippen molar-refractivity contribution >= 4 is 23.4 Å². The first kappa shape index (κ1) is 15.3. The number of thioether (sulfide) groups is 1. The van der Waals surface area contributed by atoms with Crippen molar-refractivity contribution in [3.63, 3.8) is 0 Å². The predicted octanol–water partition coefficient (Wildman–Crippen LogP) is 4.55. The Bertz CT molecular complexity index is 592. The molecule has 0 aliphatic carbocycles. The quantitative estimate of drug-likeness (QED) is 0.876. The van der Waals surface area contributed by atoms with Crippen LogP contribution in [0.3, 0.4) is 0 Å². The maximum atomic E-state index is 13.1. The van der Waals surface area contributed by atoms with Crippen LogP contribution in [0.25, 0.3) is 0 Å². The lowest BCUT2D eigenvalue weighted by molar-refractivity contribution is 0.506. The number of halogens is 3. The van der Waals surface area contributed by atoms with Crippen LogP contribution in [0.1, 0.15) is 17.2 Å². The molecule has 1 unspecified atom stereocenters. The number of hydrogen-bond donors (Lipinski definition) is 1. The van der Waals surface area contributed by atoms with E-state index in [1.54, 1.807) is 11.8 Å². The Morgan fingerprint density at radius 2 is 1.85 bits per heavy atom. The van der Waals surface area contributed by atoms with Crippen LogP contribution in [-0.2, 0) is 5.75 Å². The molecule has 0 spiro atoms. The van der Waals surface area contributed by atoms with E-state index in [0.717, 1.165) is 28.5 Å². The highest BCUT2D eigenvalue weighted by molar-refractivity contribution is 7.98. The second kappa shape index (κ2) is 7.07. The molecule has 0 saturated carbocycles. The molecule has 0 aliphatic rings. The van der Waals surface area contributed by atoms with Gasteiger partial charge in [0.05, 0.1) is 0 Å². The van der Waals surface area contributed by atoms with Crippen LogP contribution in [0.4, 0.5) is 8.78 Å². The van der Waals surface area contributed by atoms with E-state index in [1.165, 1.54) is 6.07 Å². The minimum atomic E-state index is -0.867. The molecule has 0 amide bonds. The van der Waals surface area contributed by atoms with Crippen molar-refractivity contribution in [2.24, 2.45) is 5.73 Å². The second-order valence-electron chi connectivity index (χ2n) is 4.39. The molecule has 0 bridgehead atoms. The number of hydrogen-bond acceptors (Lipinski definition) is 2. The molecule has 0 radical (unpaired) electrons. The summed E-state index contributed by atoms with van der Waals surface area (Å²) in [6, 6.07) is 11.0. The molecular formula is C15H14ClF2NS. The molecular weight excluding hydrogens is 300 g/mol. The summed E-state index contributed by atoms with van der Waals surface area (Å²) in [6.45, 7) is 0. The molecule has 106 valence electrons. The summed E-state index contributed by atoms with van der Waals surface area (Å²) in [5, 5.41) is 0.724. The number of benzene rings is 2. The normalized spacial score (nSPS) is 12.4. The Morgan fingerprint density at radius 1 is 1.10 bits per heavy atom. The minimum Gasteiger partial charge on any atom is -0.323 e. The third-order valence-corrected chi connectivity index (χ3v) is 4.36. The summed E-state index contributed by atoms with van der Waals surface area (Å²) in [6.07, 6.45) is 0. The van der Waals surface area contributed by atoms with Gasteiger partial charge in [-0.15, -0.1) is 0 Å². The molecule has 0 aromatic heterocycles. The molecule has 0 aliphatic heterocycles. The van der Waals surface area contributed by atoms with Crippen LogP contribution < -0.4 is 5.73 Å². The van der Waals surface area contributed by atoms with Crippen molar-refractivity contribution in [1.82, 2.24) is 0 Å². The molecule has 5 heteroatoms. The van der Waals surface area contributed by atoms with E-state index in [9.17, 15) is 8.78 Å². The Labute approximate surface area is 126 Å². The fourth-order valence-electron chi connectivity index (χ4n) is 1.75. The topological polar surface area (TPSA) is 26.0 Å². The van der Waals surface area contributed by atoms with Gasteiger partial charge in [-0.25, -0.2) is 8.78 Å². The third-order valence-electron chi connectivity index (χ3n) is 2.88. The Balaban J connectivity index is 1.90. The zero-order valence-corrected chi connectivity index (χ0v) is 12.2. The van der Waals surface area contributed by atoms with Gasteiger partial charge in [-0.3, -0.25) is 0 Å². The van der Waals surface area contributed by atoms with E-state index < -0.39 is 11.6 Å². The van der Waals surface area contributed by atoms with E-state index in [1.807, 2.05) is 24.3 Å². The van der Waals surface area contributed by atoms with Gasteiger partial charge in [0, 0.05) is 22.6 Å². The lowest BCUT2D eigenvalue weighted by Crippen LogP contribution is -2.13. The van der Waals surface area contributed by atoms with Gasteiger partial charge in [0.1, 0.15) is 0 Å². The van der Waals surface area contributed by atoms with Crippen LogP contribution in [0.5, 0.6) is 0 Å². The third kappa shape index (κ3) is 3.95. The molecule has 1 nitrogen and oxygen atoms in total. The van der Waals surface area contributed by atoms with Crippen LogP contribution in [0, 0.1) is 11.6 Å². The van der Waals surface area contributed by atoms with Gasteiger partial charge in [-0.05, 0) is 29.3 Å². The van der Waals surface area contributed by atoms with Gasteiger partial charge in [-0.1, -0.05) is 35.9 Å². The molecule has 20 heavy (non-hydrogen) atoms. The molecule has 2 rings (SSSR count). The van der Waals surface area contributed by atoms with Crippen LogP contribution >= 0.6 is 23.4 Å². The fourth-order valence-corrected chi connectivity index (χ4v) is 3.07. The van der Waals surface area contributed by atoms with E-state index >= 15 is 0 Å². The van der Waals surface area contributed by atoms with E-state index in [4.69, 9.17) is 17.3 Å². The summed E-state index contributed by atoms with van der Waals surface area (Å²) < 4.78 is 26.0. The van der Waals surface area contributed by atoms with Gasteiger partial charge in [0.2, 0.25) is 0 Å². The van der Waals surface area contributed by atoms with E-state index in [0.29, 0.717) is 11.3 Å². The van der Waals surface area contributed by atoms with Crippen molar-refractivity contribution in [3.05, 3.63) is 70.2 Å². The van der Waals surface area contributed by atoms with Crippen molar-refractivity contribution in [2.75, 3.05) is 5.75 Å². The van der Waals surface area contributed by atoms with Crippen LogP contribution in [-0.4, -0.2) is 5.75 Å². The molecule has 2 aromatic rings. The fraction of sp³-hybridized carbons (Fsp3) is 0.200. The lowest BCUT2D eigenvalue weighted by atomic mass is 10.1. The largest absolute Gasteiger partial charge is 0.323 e. The molecule has 0 saturated heterocycles. The van der Waals surface area contributed by atoms with Gasteiger partial charge in [-0.2, -0.15) is 11.8 Å². The standard InChI is InChI=1S/C15H14ClF2NS/c16-12-4-2-1-3-11(12)8-20-9-15(19)10-5-6-13(17)14(18)7-10/h1-7,15H,8-9,19H2. The van der Waals surface area contributed by atoms with Crippen molar-refractivity contribution in [2.45, 2.75) is 11.8 Å². The minimum absolute atomic E-state index is 0.336. The van der Waals surface area contributed by atoms with Crippen molar-refractivity contribution in [3.8, 4) is 0 Å². The Hall–Kier alpha value is -1.10.